The van der Waals surface area contributed by atoms with Crippen LogP contribution in [0.4, 0.5) is 4.79 Å². The van der Waals surface area contributed by atoms with Gasteiger partial charge in [0, 0.05) is 18.0 Å². The van der Waals surface area contributed by atoms with E-state index in [1.165, 1.54) is 0 Å². The molecule has 3 rings (SSSR count). The van der Waals surface area contributed by atoms with Gasteiger partial charge in [0.1, 0.15) is 12.3 Å². The monoisotopic (exact) mass is 331 g/mol. The van der Waals surface area contributed by atoms with Gasteiger partial charge in [-0.2, -0.15) is 0 Å². The molecular weight excluding hydrogens is 310 g/mol. The number of fused-ring (bicyclic) bond motifs is 2. The Morgan fingerprint density at radius 1 is 1.42 bits per heavy atom. The highest BCUT2D eigenvalue weighted by Gasteiger charge is 2.55. The highest BCUT2D eigenvalue weighted by molar-refractivity contribution is 6.09. The maximum Gasteiger partial charge on any atom is 0.325 e. The van der Waals surface area contributed by atoms with Gasteiger partial charge in [0.15, 0.2) is 5.54 Å². The molecule has 1 aromatic carbocycles. The van der Waals surface area contributed by atoms with Gasteiger partial charge in [0.05, 0.1) is 6.61 Å². The number of carbonyl (C=O) groups excluding carboxylic acids is 3. The van der Waals surface area contributed by atoms with Crippen LogP contribution >= 0.6 is 0 Å². The molecule has 2 heterocycles. The van der Waals surface area contributed by atoms with E-state index in [0.29, 0.717) is 24.3 Å². The first kappa shape index (κ1) is 16.3. The second-order valence-corrected chi connectivity index (χ2v) is 6.20. The fourth-order valence-corrected chi connectivity index (χ4v) is 3.08. The summed E-state index contributed by atoms with van der Waals surface area (Å²) in [6.07, 6.45) is 1.12. The van der Waals surface area contributed by atoms with Crippen molar-refractivity contribution in [3.05, 3.63) is 29.8 Å². The molecule has 1 spiro atoms. The zero-order chi connectivity index (χ0) is 17.3. The predicted octanol–water partition coefficient (Wildman–Crippen LogP) is 1.13. The molecule has 7 nitrogen and oxygen atoms in total. The summed E-state index contributed by atoms with van der Waals surface area (Å²) in [6, 6.07) is 6.61. The van der Waals surface area contributed by atoms with E-state index in [2.05, 4.69) is 10.6 Å². The summed E-state index contributed by atoms with van der Waals surface area (Å²) in [5, 5.41) is 5.55. The SMILES string of the molecule is CC[C@@H](C)NC(=O)CN1C(=O)N[C@@]2(CCOc3ccccc32)C1=O. The molecule has 128 valence electrons. The molecule has 24 heavy (non-hydrogen) atoms. The zero-order valence-electron chi connectivity index (χ0n) is 13.8. The molecule has 0 saturated carbocycles. The molecule has 2 N–H and O–H groups in total. The molecule has 0 aliphatic carbocycles. The van der Waals surface area contributed by atoms with Crippen LogP contribution in [0.3, 0.4) is 0 Å². The van der Waals surface area contributed by atoms with Gasteiger partial charge in [-0.05, 0) is 19.4 Å². The zero-order valence-corrected chi connectivity index (χ0v) is 13.8. The number of benzene rings is 1. The summed E-state index contributed by atoms with van der Waals surface area (Å²) < 4.78 is 5.58. The third-order valence-electron chi connectivity index (χ3n) is 4.58. The van der Waals surface area contributed by atoms with Gasteiger partial charge in [-0.1, -0.05) is 25.1 Å². The molecule has 4 amide bonds. The Bertz CT molecular complexity index is 690. The summed E-state index contributed by atoms with van der Waals surface area (Å²) in [7, 11) is 0. The lowest BCUT2D eigenvalue weighted by atomic mass is 9.84. The summed E-state index contributed by atoms with van der Waals surface area (Å²) in [5.74, 6) is -0.156. The molecule has 1 aromatic rings. The number of amides is 4. The van der Waals surface area contributed by atoms with Crippen LogP contribution in [0, 0.1) is 0 Å². The highest BCUT2D eigenvalue weighted by atomic mass is 16.5. The van der Waals surface area contributed by atoms with Crippen LogP contribution in [0.1, 0.15) is 32.3 Å². The van der Waals surface area contributed by atoms with Crippen LogP contribution in [0.25, 0.3) is 0 Å². The van der Waals surface area contributed by atoms with Gasteiger partial charge in [-0.15, -0.1) is 0 Å². The number of para-hydroxylation sites is 1. The van der Waals surface area contributed by atoms with Crippen LogP contribution in [0.15, 0.2) is 24.3 Å². The molecular formula is C17H21N3O4. The number of carbonyl (C=O) groups is 3. The molecule has 2 aliphatic heterocycles. The first-order chi connectivity index (χ1) is 11.5. The van der Waals surface area contributed by atoms with E-state index in [-0.39, 0.29) is 18.5 Å². The van der Waals surface area contributed by atoms with E-state index in [1.54, 1.807) is 18.2 Å². The lowest BCUT2D eigenvalue weighted by Crippen LogP contribution is -2.48. The Kier molecular flexibility index (Phi) is 4.17. The largest absolute Gasteiger partial charge is 0.493 e. The second-order valence-electron chi connectivity index (χ2n) is 6.20. The van der Waals surface area contributed by atoms with Gasteiger partial charge < -0.3 is 15.4 Å². The van der Waals surface area contributed by atoms with E-state index in [0.717, 1.165) is 11.3 Å². The number of urea groups is 1. The van der Waals surface area contributed by atoms with Crippen molar-refractivity contribution in [3.63, 3.8) is 0 Å². The number of ether oxygens (including phenoxy) is 1. The maximum absolute atomic E-state index is 13.0. The second kappa shape index (κ2) is 6.14. The Morgan fingerprint density at radius 2 is 2.17 bits per heavy atom. The van der Waals surface area contributed by atoms with Crippen molar-refractivity contribution in [2.24, 2.45) is 0 Å². The van der Waals surface area contributed by atoms with E-state index >= 15 is 0 Å². The van der Waals surface area contributed by atoms with Crippen LogP contribution < -0.4 is 15.4 Å². The van der Waals surface area contributed by atoms with E-state index in [1.807, 2.05) is 19.9 Å². The number of nitrogens with zero attached hydrogens (tertiary/aromatic N) is 1. The van der Waals surface area contributed by atoms with Crippen LogP contribution in [0.2, 0.25) is 0 Å². The van der Waals surface area contributed by atoms with Gasteiger partial charge in [0.2, 0.25) is 5.91 Å². The molecule has 0 bridgehead atoms. The van der Waals surface area contributed by atoms with Crippen molar-refractivity contribution >= 4 is 17.8 Å². The van der Waals surface area contributed by atoms with Crippen molar-refractivity contribution in [2.45, 2.75) is 38.3 Å². The van der Waals surface area contributed by atoms with Gasteiger partial charge in [0.25, 0.3) is 5.91 Å². The minimum Gasteiger partial charge on any atom is -0.493 e. The summed E-state index contributed by atoms with van der Waals surface area (Å²) in [6.45, 7) is 3.88. The minimum atomic E-state index is -1.14. The van der Waals surface area contributed by atoms with E-state index in [9.17, 15) is 14.4 Å². The fraction of sp³-hybridized carbons (Fsp3) is 0.471. The predicted molar refractivity (Wildman–Crippen MR) is 86.4 cm³/mol. The van der Waals surface area contributed by atoms with Crippen molar-refractivity contribution in [2.75, 3.05) is 13.2 Å². The number of hydrogen-bond donors (Lipinski definition) is 2. The molecule has 0 radical (unpaired) electrons. The number of imide groups is 1. The smallest absolute Gasteiger partial charge is 0.325 e. The van der Waals surface area contributed by atoms with Gasteiger partial charge >= 0.3 is 6.03 Å². The Hall–Kier alpha value is -2.57. The molecule has 0 aromatic heterocycles. The third kappa shape index (κ3) is 2.60. The first-order valence-electron chi connectivity index (χ1n) is 8.13. The maximum atomic E-state index is 13.0. The van der Waals surface area contributed by atoms with Crippen LogP contribution in [-0.2, 0) is 15.1 Å². The van der Waals surface area contributed by atoms with Gasteiger partial charge in [-0.25, -0.2) is 4.79 Å². The molecule has 2 atom stereocenters. The Morgan fingerprint density at radius 3 is 2.92 bits per heavy atom. The lowest BCUT2D eigenvalue weighted by Gasteiger charge is -2.33. The van der Waals surface area contributed by atoms with Crippen LogP contribution in [-0.4, -0.2) is 41.9 Å². The molecule has 1 fully saturated rings. The van der Waals surface area contributed by atoms with Crippen LogP contribution in [0.5, 0.6) is 5.75 Å². The molecule has 2 aliphatic rings. The summed E-state index contributed by atoms with van der Waals surface area (Å²) in [4.78, 5) is 38.3. The number of rotatable bonds is 4. The molecule has 1 saturated heterocycles. The van der Waals surface area contributed by atoms with E-state index in [4.69, 9.17) is 4.74 Å². The number of nitrogens with one attached hydrogen (secondary N) is 2. The van der Waals surface area contributed by atoms with E-state index < -0.39 is 17.5 Å². The summed E-state index contributed by atoms with van der Waals surface area (Å²) in [5.41, 5.74) is -0.498. The number of hydrogen-bond acceptors (Lipinski definition) is 4. The third-order valence-corrected chi connectivity index (χ3v) is 4.58. The standard InChI is InChI=1S/C17H21N3O4/c1-3-11(2)18-14(21)10-20-15(22)17(19-16(20)23)8-9-24-13-7-5-4-6-12(13)17/h4-7,11H,3,8-10H2,1-2H3,(H,18,21)(H,19,23)/t11-,17-/m1/s1. The van der Waals surface area contributed by atoms with Crippen molar-refractivity contribution < 1.29 is 19.1 Å². The topological polar surface area (TPSA) is 87.7 Å². The molecule has 0 unspecified atom stereocenters. The summed E-state index contributed by atoms with van der Waals surface area (Å²) >= 11 is 0. The van der Waals surface area contributed by atoms with Crippen molar-refractivity contribution in [1.29, 1.82) is 0 Å². The van der Waals surface area contributed by atoms with Crippen molar-refractivity contribution in [1.82, 2.24) is 15.5 Å². The average Bonchev–Trinajstić information content (AvgIpc) is 2.80. The normalized spacial score (nSPS) is 23.5. The molecule has 7 heteroatoms. The quantitative estimate of drug-likeness (QED) is 0.810. The lowest BCUT2D eigenvalue weighted by molar-refractivity contribution is -0.136. The minimum absolute atomic E-state index is 0.00367. The fourth-order valence-electron chi connectivity index (χ4n) is 3.08. The van der Waals surface area contributed by atoms with Gasteiger partial charge in [-0.3, -0.25) is 14.5 Å². The highest BCUT2D eigenvalue weighted by Crippen LogP contribution is 2.40. The van der Waals surface area contributed by atoms with Crippen molar-refractivity contribution in [3.8, 4) is 5.75 Å². The Labute approximate surface area is 140 Å². The first-order valence-corrected chi connectivity index (χ1v) is 8.13. The average molecular weight is 331 g/mol. The Balaban J connectivity index is 1.84.